The highest BCUT2D eigenvalue weighted by Gasteiger charge is 2.27. The smallest absolute Gasteiger partial charge is 0.239 e. The van der Waals surface area contributed by atoms with Crippen molar-refractivity contribution in [2.45, 2.75) is 32.7 Å². The third-order valence-corrected chi connectivity index (χ3v) is 2.92. The van der Waals surface area contributed by atoms with E-state index in [-0.39, 0.29) is 17.7 Å². The first kappa shape index (κ1) is 13.0. The summed E-state index contributed by atoms with van der Waals surface area (Å²) in [6, 6.07) is -0.444. The Morgan fingerprint density at radius 3 is 2.44 bits per heavy atom. The molecule has 0 spiro atoms. The maximum Gasteiger partial charge on any atom is 0.239 e. The van der Waals surface area contributed by atoms with Gasteiger partial charge >= 0.3 is 0 Å². The summed E-state index contributed by atoms with van der Waals surface area (Å²) in [4.78, 5) is 24.9. The fraction of sp³-hybridized carbons (Fsp3) is 0.818. The topological polar surface area (TPSA) is 75.4 Å². The van der Waals surface area contributed by atoms with Gasteiger partial charge in [-0.05, 0) is 26.7 Å². The van der Waals surface area contributed by atoms with Crippen molar-refractivity contribution in [3.8, 4) is 0 Å². The number of amides is 2. The number of hydrogen-bond donors (Lipinski definition) is 2. The molecule has 1 fully saturated rings. The number of hydrogen-bond acceptors (Lipinski definition) is 3. The summed E-state index contributed by atoms with van der Waals surface area (Å²) in [5.41, 5.74) is 5.54. The highest BCUT2D eigenvalue weighted by molar-refractivity contribution is 5.82. The van der Waals surface area contributed by atoms with E-state index in [1.165, 1.54) is 0 Å². The van der Waals surface area contributed by atoms with Crippen LogP contribution < -0.4 is 11.1 Å². The SMILES string of the molecule is CCNC(=O)C1CCN(C(=O)C(C)N)CC1. The van der Waals surface area contributed by atoms with Gasteiger partial charge in [0.25, 0.3) is 0 Å². The number of carbonyl (C=O) groups is 2. The molecule has 1 saturated heterocycles. The molecule has 0 aliphatic carbocycles. The Bertz CT molecular complexity index is 258. The van der Waals surface area contributed by atoms with Crippen LogP contribution in [0.4, 0.5) is 0 Å². The summed E-state index contributed by atoms with van der Waals surface area (Å²) in [5.74, 6) is 0.141. The molecule has 3 N–H and O–H groups in total. The highest BCUT2D eigenvalue weighted by Crippen LogP contribution is 2.17. The Labute approximate surface area is 96.4 Å². The number of nitrogens with zero attached hydrogens (tertiary/aromatic N) is 1. The predicted octanol–water partition coefficient (Wildman–Crippen LogP) is -0.292. The molecule has 1 atom stereocenters. The quantitative estimate of drug-likeness (QED) is 0.695. The summed E-state index contributed by atoms with van der Waals surface area (Å²) in [6.45, 7) is 5.55. The first-order valence-corrected chi connectivity index (χ1v) is 5.88. The molecule has 1 rings (SSSR count). The average Bonchev–Trinajstić information content (AvgIpc) is 2.28. The molecule has 1 aliphatic rings. The van der Waals surface area contributed by atoms with Crippen molar-refractivity contribution >= 4 is 11.8 Å². The van der Waals surface area contributed by atoms with Crippen molar-refractivity contribution in [3.05, 3.63) is 0 Å². The Hall–Kier alpha value is -1.10. The molecule has 92 valence electrons. The van der Waals surface area contributed by atoms with Gasteiger partial charge in [-0.1, -0.05) is 0 Å². The molecule has 0 saturated carbocycles. The molecule has 0 radical (unpaired) electrons. The molecule has 5 nitrogen and oxygen atoms in total. The van der Waals surface area contributed by atoms with E-state index < -0.39 is 6.04 Å². The first-order chi connectivity index (χ1) is 7.56. The second kappa shape index (κ2) is 5.84. The van der Waals surface area contributed by atoms with Crippen LogP contribution in [0.5, 0.6) is 0 Å². The molecule has 0 bridgehead atoms. The lowest BCUT2D eigenvalue weighted by molar-refractivity contribution is -0.136. The van der Waals surface area contributed by atoms with Gasteiger partial charge < -0.3 is 16.0 Å². The molecule has 1 heterocycles. The highest BCUT2D eigenvalue weighted by atomic mass is 16.2. The van der Waals surface area contributed by atoms with Crippen molar-refractivity contribution < 1.29 is 9.59 Å². The van der Waals surface area contributed by atoms with E-state index in [9.17, 15) is 9.59 Å². The van der Waals surface area contributed by atoms with Gasteiger partial charge in [-0.2, -0.15) is 0 Å². The van der Waals surface area contributed by atoms with Gasteiger partial charge in [0.15, 0.2) is 0 Å². The van der Waals surface area contributed by atoms with Crippen molar-refractivity contribution in [1.82, 2.24) is 10.2 Å². The summed E-state index contributed by atoms with van der Waals surface area (Å²) < 4.78 is 0. The Balaban J connectivity index is 2.39. The third kappa shape index (κ3) is 3.20. The molecule has 0 aromatic carbocycles. The maximum atomic E-state index is 11.6. The second-order valence-corrected chi connectivity index (χ2v) is 4.28. The maximum absolute atomic E-state index is 11.6. The minimum atomic E-state index is -0.444. The van der Waals surface area contributed by atoms with E-state index >= 15 is 0 Å². The van der Waals surface area contributed by atoms with Gasteiger partial charge in [-0.3, -0.25) is 9.59 Å². The number of piperidine rings is 1. The monoisotopic (exact) mass is 227 g/mol. The molecule has 2 amide bonds. The average molecular weight is 227 g/mol. The van der Waals surface area contributed by atoms with Crippen LogP contribution in [0, 0.1) is 5.92 Å². The summed E-state index contributed by atoms with van der Waals surface area (Å²) >= 11 is 0. The lowest BCUT2D eigenvalue weighted by Crippen LogP contribution is -2.47. The van der Waals surface area contributed by atoms with Crippen LogP contribution >= 0.6 is 0 Å². The Morgan fingerprint density at radius 2 is 2.00 bits per heavy atom. The summed E-state index contributed by atoms with van der Waals surface area (Å²) in [6.07, 6.45) is 1.48. The molecule has 0 aromatic heterocycles. The minimum absolute atomic E-state index is 0.0191. The fourth-order valence-electron chi connectivity index (χ4n) is 1.97. The molecule has 16 heavy (non-hydrogen) atoms. The van der Waals surface area contributed by atoms with Crippen LogP contribution in [0.1, 0.15) is 26.7 Å². The molecule has 5 heteroatoms. The number of nitrogens with two attached hydrogens (primary N) is 1. The van der Waals surface area contributed by atoms with Gasteiger partial charge in [0, 0.05) is 25.6 Å². The van der Waals surface area contributed by atoms with Gasteiger partial charge in [-0.15, -0.1) is 0 Å². The number of carbonyl (C=O) groups excluding carboxylic acids is 2. The molecular formula is C11H21N3O2. The largest absolute Gasteiger partial charge is 0.356 e. The standard InChI is InChI=1S/C11H21N3O2/c1-3-13-10(15)9-4-6-14(7-5-9)11(16)8(2)12/h8-9H,3-7,12H2,1-2H3,(H,13,15). The van der Waals surface area contributed by atoms with Gasteiger partial charge in [0.2, 0.25) is 11.8 Å². The van der Waals surface area contributed by atoms with Crippen LogP contribution in [0.25, 0.3) is 0 Å². The molecule has 0 aromatic rings. The van der Waals surface area contributed by atoms with Crippen LogP contribution in [0.2, 0.25) is 0 Å². The number of likely N-dealkylation sites (tertiary alicyclic amines) is 1. The van der Waals surface area contributed by atoms with Crippen molar-refractivity contribution in [1.29, 1.82) is 0 Å². The Morgan fingerprint density at radius 1 is 1.44 bits per heavy atom. The zero-order chi connectivity index (χ0) is 12.1. The summed E-state index contributed by atoms with van der Waals surface area (Å²) in [5, 5.41) is 2.81. The van der Waals surface area contributed by atoms with E-state index in [1.807, 2.05) is 6.92 Å². The van der Waals surface area contributed by atoms with E-state index in [4.69, 9.17) is 5.73 Å². The molecule has 1 unspecified atom stereocenters. The van der Waals surface area contributed by atoms with Crippen molar-refractivity contribution in [2.24, 2.45) is 11.7 Å². The van der Waals surface area contributed by atoms with Crippen molar-refractivity contribution in [2.75, 3.05) is 19.6 Å². The third-order valence-electron chi connectivity index (χ3n) is 2.92. The van der Waals surface area contributed by atoms with E-state index in [0.29, 0.717) is 19.6 Å². The van der Waals surface area contributed by atoms with Gasteiger partial charge in [0.1, 0.15) is 0 Å². The van der Waals surface area contributed by atoms with Crippen molar-refractivity contribution in [3.63, 3.8) is 0 Å². The van der Waals surface area contributed by atoms with Crippen LogP contribution in [0.3, 0.4) is 0 Å². The molecular weight excluding hydrogens is 206 g/mol. The fourth-order valence-corrected chi connectivity index (χ4v) is 1.97. The molecule has 1 aliphatic heterocycles. The van der Waals surface area contributed by atoms with E-state index in [2.05, 4.69) is 5.32 Å². The summed E-state index contributed by atoms with van der Waals surface area (Å²) in [7, 11) is 0. The lowest BCUT2D eigenvalue weighted by atomic mass is 9.95. The van der Waals surface area contributed by atoms with Crippen LogP contribution in [-0.4, -0.2) is 42.4 Å². The minimum Gasteiger partial charge on any atom is -0.356 e. The zero-order valence-corrected chi connectivity index (χ0v) is 10.0. The van der Waals surface area contributed by atoms with E-state index in [0.717, 1.165) is 12.8 Å². The Kier molecular flexibility index (Phi) is 4.73. The normalized spacial score (nSPS) is 19.3. The number of nitrogens with one attached hydrogen (secondary N) is 1. The van der Waals surface area contributed by atoms with Gasteiger partial charge in [0.05, 0.1) is 6.04 Å². The van der Waals surface area contributed by atoms with Crippen LogP contribution in [-0.2, 0) is 9.59 Å². The van der Waals surface area contributed by atoms with E-state index in [1.54, 1.807) is 11.8 Å². The zero-order valence-electron chi connectivity index (χ0n) is 10.0. The first-order valence-electron chi connectivity index (χ1n) is 5.88. The lowest BCUT2D eigenvalue weighted by Gasteiger charge is -2.32. The predicted molar refractivity (Wildman–Crippen MR) is 61.6 cm³/mol. The van der Waals surface area contributed by atoms with Gasteiger partial charge in [-0.25, -0.2) is 0 Å². The second-order valence-electron chi connectivity index (χ2n) is 4.28. The number of rotatable bonds is 3. The van der Waals surface area contributed by atoms with Crippen LogP contribution in [0.15, 0.2) is 0 Å².